The number of hydrogen-bond acceptors (Lipinski definition) is 6. The van der Waals surface area contributed by atoms with Crippen molar-refractivity contribution in [2.75, 3.05) is 10.9 Å². The van der Waals surface area contributed by atoms with Crippen LogP contribution in [0.15, 0.2) is 70.0 Å². The number of benzene rings is 3. The van der Waals surface area contributed by atoms with Crippen LogP contribution in [-0.4, -0.2) is 26.9 Å². The third kappa shape index (κ3) is 4.52. The molecule has 0 saturated carbocycles. The number of nitrogens with zero attached hydrogens (tertiary/aromatic N) is 1. The maximum Gasteiger partial charge on any atom is 0.342 e. The molecule has 1 heterocycles. The summed E-state index contributed by atoms with van der Waals surface area (Å²) in [4.78, 5) is 26.4. The first-order chi connectivity index (χ1) is 17.0. The van der Waals surface area contributed by atoms with Gasteiger partial charge in [0, 0.05) is 10.9 Å². The van der Waals surface area contributed by atoms with E-state index < -0.39 is 21.9 Å². The molecule has 3 aromatic carbocycles. The minimum absolute atomic E-state index is 0.0163. The number of esters is 1. The van der Waals surface area contributed by atoms with Crippen molar-refractivity contribution in [3.63, 3.8) is 0 Å². The first kappa shape index (κ1) is 25.2. The summed E-state index contributed by atoms with van der Waals surface area (Å²) in [7, 11) is -4.33. The first-order valence-corrected chi connectivity index (χ1v) is 12.9. The van der Waals surface area contributed by atoms with Crippen molar-refractivity contribution in [2.24, 2.45) is 0 Å². The lowest BCUT2D eigenvalue weighted by Crippen LogP contribution is -2.37. The second-order valence-corrected chi connectivity index (χ2v) is 10.4. The van der Waals surface area contributed by atoms with Gasteiger partial charge in [-0.05, 0) is 76.6 Å². The summed E-state index contributed by atoms with van der Waals surface area (Å²) in [6.07, 6.45) is 0. The maximum absolute atomic E-state index is 14.0. The second kappa shape index (κ2) is 9.62. The van der Waals surface area contributed by atoms with Crippen LogP contribution in [0.1, 0.15) is 50.1 Å². The molecule has 0 N–H and O–H groups in total. The molecule has 0 aliphatic rings. The summed E-state index contributed by atoms with van der Waals surface area (Å²) in [6.45, 7) is 8.93. The molecule has 0 unspecified atom stereocenters. The van der Waals surface area contributed by atoms with Crippen molar-refractivity contribution < 1.29 is 27.2 Å². The van der Waals surface area contributed by atoms with E-state index in [4.69, 9.17) is 9.15 Å². The van der Waals surface area contributed by atoms with E-state index in [-0.39, 0.29) is 28.3 Å². The Hall–Kier alpha value is -3.91. The zero-order valence-electron chi connectivity index (χ0n) is 20.8. The van der Waals surface area contributed by atoms with Crippen LogP contribution in [-0.2, 0) is 14.8 Å². The molecule has 0 atom stereocenters. The number of aryl methyl sites for hydroxylation is 4. The van der Waals surface area contributed by atoms with Crippen LogP contribution in [0.2, 0.25) is 0 Å². The molecule has 0 saturated heterocycles. The largest absolute Gasteiger partial charge is 0.462 e. The van der Waals surface area contributed by atoms with E-state index in [0.29, 0.717) is 22.3 Å². The van der Waals surface area contributed by atoms with Crippen molar-refractivity contribution in [1.82, 2.24) is 0 Å². The highest BCUT2D eigenvalue weighted by molar-refractivity contribution is 7.93. The van der Waals surface area contributed by atoms with Gasteiger partial charge in [-0.2, -0.15) is 4.31 Å². The summed E-state index contributed by atoms with van der Waals surface area (Å²) in [5.74, 6) is -0.957. The smallest absolute Gasteiger partial charge is 0.342 e. The van der Waals surface area contributed by atoms with E-state index in [1.807, 2.05) is 13.8 Å². The number of furan rings is 1. The summed E-state index contributed by atoms with van der Waals surface area (Å²) < 4.78 is 39.7. The molecule has 0 spiro atoms. The minimum Gasteiger partial charge on any atom is -0.462 e. The zero-order chi connectivity index (χ0) is 26.2. The van der Waals surface area contributed by atoms with E-state index in [2.05, 4.69) is 0 Å². The summed E-state index contributed by atoms with van der Waals surface area (Å²) >= 11 is 0. The van der Waals surface area contributed by atoms with Crippen LogP contribution < -0.4 is 4.31 Å². The van der Waals surface area contributed by atoms with Crippen molar-refractivity contribution in [1.29, 1.82) is 0 Å². The van der Waals surface area contributed by atoms with Crippen LogP contribution in [0.5, 0.6) is 0 Å². The van der Waals surface area contributed by atoms with Gasteiger partial charge >= 0.3 is 5.97 Å². The van der Waals surface area contributed by atoms with E-state index in [0.717, 1.165) is 15.4 Å². The van der Waals surface area contributed by atoms with Gasteiger partial charge in [-0.25, -0.2) is 13.2 Å². The fourth-order valence-corrected chi connectivity index (χ4v) is 5.77. The van der Waals surface area contributed by atoms with Crippen molar-refractivity contribution >= 4 is 38.6 Å². The minimum atomic E-state index is -4.33. The number of fused-ring (bicyclic) bond motifs is 1. The monoisotopic (exact) mass is 505 g/mol. The molecular weight excluding hydrogens is 478 g/mol. The van der Waals surface area contributed by atoms with Crippen LogP contribution >= 0.6 is 0 Å². The normalized spacial score (nSPS) is 11.5. The average molecular weight is 506 g/mol. The number of ether oxygens (including phenoxy) is 1. The molecular formula is C28H27NO6S. The highest BCUT2D eigenvalue weighted by Crippen LogP contribution is 2.34. The third-order valence-corrected chi connectivity index (χ3v) is 7.76. The van der Waals surface area contributed by atoms with Gasteiger partial charge in [0.25, 0.3) is 15.9 Å². The first-order valence-electron chi connectivity index (χ1n) is 11.5. The van der Waals surface area contributed by atoms with E-state index in [1.54, 1.807) is 63.2 Å². The number of carbonyl (C=O) groups excluding carboxylic acids is 2. The zero-order valence-corrected chi connectivity index (χ0v) is 21.6. The van der Waals surface area contributed by atoms with Crippen LogP contribution in [0.4, 0.5) is 5.69 Å². The molecule has 1 aromatic heterocycles. The molecule has 1 amide bonds. The topological polar surface area (TPSA) is 93.9 Å². The number of anilines is 1. The van der Waals surface area contributed by atoms with Crippen molar-refractivity contribution in [2.45, 2.75) is 39.5 Å². The highest BCUT2D eigenvalue weighted by Gasteiger charge is 2.34. The molecule has 0 radical (unpaired) electrons. The van der Waals surface area contributed by atoms with Gasteiger partial charge in [0.05, 0.1) is 17.2 Å². The fraction of sp³-hybridized carbons (Fsp3) is 0.214. The number of rotatable bonds is 6. The predicted molar refractivity (Wildman–Crippen MR) is 138 cm³/mol. The quantitative estimate of drug-likeness (QED) is 0.304. The van der Waals surface area contributed by atoms with Crippen LogP contribution in [0.25, 0.3) is 11.0 Å². The van der Waals surface area contributed by atoms with E-state index >= 15 is 0 Å². The molecule has 7 nitrogen and oxygen atoms in total. The van der Waals surface area contributed by atoms with Crippen LogP contribution in [0, 0.1) is 27.7 Å². The third-order valence-electron chi connectivity index (χ3n) is 5.89. The lowest BCUT2D eigenvalue weighted by atomic mass is 10.1. The summed E-state index contributed by atoms with van der Waals surface area (Å²) in [5, 5.41) is 0.362. The molecule has 0 aliphatic carbocycles. The van der Waals surface area contributed by atoms with Crippen LogP contribution in [0.3, 0.4) is 0 Å². The molecule has 0 bridgehead atoms. The predicted octanol–water partition coefficient (Wildman–Crippen LogP) is 5.88. The Labute approximate surface area is 210 Å². The van der Waals surface area contributed by atoms with Gasteiger partial charge in [0.1, 0.15) is 16.9 Å². The Balaban J connectivity index is 1.96. The van der Waals surface area contributed by atoms with Gasteiger partial charge in [0.2, 0.25) is 0 Å². The van der Waals surface area contributed by atoms with Crippen molar-refractivity contribution in [3.8, 4) is 0 Å². The molecule has 0 fully saturated rings. The Bertz CT molecular complexity index is 1580. The molecule has 4 rings (SSSR count). The maximum atomic E-state index is 14.0. The summed E-state index contributed by atoms with van der Waals surface area (Å²) in [6, 6.07) is 16.1. The number of hydrogen-bond donors (Lipinski definition) is 0. The highest BCUT2D eigenvalue weighted by atomic mass is 32.2. The lowest BCUT2D eigenvalue weighted by Gasteiger charge is -2.24. The average Bonchev–Trinajstić information content (AvgIpc) is 3.14. The van der Waals surface area contributed by atoms with Gasteiger partial charge < -0.3 is 9.15 Å². The van der Waals surface area contributed by atoms with Gasteiger partial charge in [0.15, 0.2) is 0 Å². The Morgan fingerprint density at radius 2 is 1.56 bits per heavy atom. The SMILES string of the molecule is CCOC(=O)c1c(C)oc2ccc(N(C(=O)c3ccc(C)cc3)S(=O)(=O)c3ccc(C)cc3C)cc12. The summed E-state index contributed by atoms with van der Waals surface area (Å²) in [5.41, 5.74) is 3.22. The second-order valence-electron chi connectivity index (χ2n) is 8.64. The van der Waals surface area contributed by atoms with E-state index in [1.165, 1.54) is 18.2 Å². The van der Waals surface area contributed by atoms with Gasteiger partial charge in [-0.1, -0.05) is 35.4 Å². The molecule has 4 aromatic rings. The number of carbonyl (C=O) groups is 2. The van der Waals surface area contributed by atoms with Gasteiger partial charge in [-0.3, -0.25) is 4.79 Å². The Morgan fingerprint density at radius 1 is 0.889 bits per heavy atom. The fourth-order valence-electron chi connectivity index (χ4n) is 4.16. The molecule has 186 valence electrons. The molecule has 0 aliphatic heterocycles. The number of amides is 1. The molecule has 36 heavy (non-hydrogen) atoms. The van der Waals surface area contributed by atoms with E-state index in [9.17, 15) is 18.0 Å². The number of sulfonamides is 1. The Morgan fingerprint density at radius 3 is 2.19 bits per heavy atom. The van der Waals surface area contributed by atoms with Crippen molar-refractivity contribution in [3.05, 3.63) is 94.2 Å². The molecule has 8 heteroatoms. The Kier molecular flexibility index (Phi) is 6.73. The standard InChI is InChI=1S/C28H27NO6S/c1-6-34-28(31)26-20(5)35-24-13-12-22(16-23(24)26)29(27(30)21-10-7-17(2)8-11-21)36(32,33)25-14-9-18(3)15-19(25)4/h7-16H,6H2,1-5H3. The lowest BCUT2D eigenvalue weighted by molar-refractivity contribution is 0.0526. The van der Waals surface area contributed by atoms with Gasteiger partial charge in [-0.15, -0.1) is 0 Å².